The molecule has 5 heteroatoms. The lowest BCUT2D eigenvalue weighted by molar-refractivity contribution is -0.875. The largest absolute Gasteiger partial charge is 0.493 e. The molecule has 1 rings (SSSR count). The first-order valence-electron chi connectivity index (χ1n) is 6.68. The molecule has 3 N–H and O–H groups in total. The summed E-state index contributed by atoms with van der Waals surface area (Å²) < 4.78 is 10.8. The molecule has 0 atom stereocenters. The lowest BCUT2D eigenvalue weighted by atomic mass is 10.2. The first kappa shape index (κ1) is 16.1. The van der Waals surface area contributed by atoms with Gasteiger partial charge in [-0.2, -0.15) is 0 Å². The Morgan fingerprint density at radius 2 is 2.05 bits per heavy atom. The van der Waals surface area contributed by atoms with Crippen LogP contribution in [0.15, 0.2) is 12.1 Å². The number of nitrogens with two attached hydrogens (primary N) is 1. The van der Waals surface area contributed by atoms with Gasteiger partial charge in [0.15, 0.2) is 11.5 Å². The monoisotopic (exact) mass is 288 g/mol. The van der Waals surface area contributed by atoms with Gasteiger partial charge in [0, 0.05) is 5.56 Å². The zero-order chi connectivity index (χ0) is 14.3. The number of rotatable bonds is 8. The number of hydrogen-bond acceptors (Lipinski definition) is 2. The minimum Gasteiger partial charge on any atom is -0.493 e. The summed E-state index contributed by atoms with van der Waals surface area (Å²) in [7, 11) is 5.95. The Kier molecular flexibility index (Phi) is 6.99. The van der Waals surface area contributed by atoms with Crippen molar-refractivity contribution in [1.29, 1.82) is 0 Å². The van der Waals surface area contributed by atoms with E-state index in [-0.39, 0.29) is 0 Å². The van der Waals surface area contributed by atoms with E-state index in [1.54, 1.807) is 7.11 Å². The van der Waals surface area contributed by atoms with Crippen molar-refractivity contribution in [3.05, 3.63) is 22.7 Å². The maximum Gasteiger partial charge on any atom is 0.179 e. The first-order chi connectivity index (χ1) is 9.08. The first-order valence-corrected chi connectivity index (χ1v) is 7.06. The van der Waals surface area contributed by atoms with Gasteiger partial charge in [0.1, 0.15) is 19.6 Å². The minimum atomic E-state index is 0.577. The number of methoxy groups -OCH3 is 1. The van der Waals surface area contributed by atoms with Gasteiger partial charge >= 0.3 is 0 Å². The van der Waals surface area contributed by atoms with Crippen LogP contribution in [0.1, 0.15) is 12.5 Å². The second-order valence-corrected chi connectivity index (χ2v) is 5.19. The Labute approximate surface area is 120 Å². The molecule has 0 heterocycles. The molecule has 0 bridgehead atoms. The van der Waals surface area contributed by atoms with Crippen molar-refractivity contribution in [1.82, 2.24) is 0 Å². The van der Waals surface area contributed by atoms with E-state index in [1.165, 1.54) is 4.90 Å². The Morgan fingerprint density at radius 1 is 1.32 bits per heavy atom. The smallest absolute Gasteiger partial charge is 0.179 e. The van der Waals surface area contributed by atoms with E-state index in [2.05, 4.69) is 19.4 Å². The van der Waals surface area contributed by atoms with Gasteiger partial charge < -0.3 is 19.7 Å². The van der Waals surface area contributed by atoms with E-state index in [1.807, 2.05) is 19.1 Å². The zero-order valence-corrected chi connectivity index (χ0v) is 13.0. The Morgan fingerprint density at radius 3 is 2.63 bits per heavy atom. The predicted octanol–water partition coefficient (Wildman–Crippen LogP) is -0.0448. The third kappa shape index (κ3) is 5.27. The summed E-state index contributed by atoms with van der Waals surface area (Å²) >= 11 is 6.23. The fourth-order valence-electron chi connectivity index (χ4n) is 1.83. The zero-order valence-electron chi connectivity index (χ0n) is 12.3. The van der Waals surface area contributed by atoms with Crippen molar-refractivity contribution in [3.8, 4) is 11.5 Å². The molecule has 0 aliphatic carbocycles. The summed E-state index contributed by atoms with van der Waals surface area (Å²) in [5, 5.41) is 2.89. The molecule has 0 fully saturated rings. The predicted molar refractivity (Wildman–Crippen MR) is 77.3 cm³/mol. The van der Waals surface area contributed by atoms with Gasteiger partial charge in [-0.15, -0.1) is 0 Å². The molecule has 0 radical (unpaired) electrons. The van der Waals surface area contributed by atoms with Gasteiger partial charge in [0.2, 0.25) is 0 Å². The van der Waals surface area contributed by atoms with Crippen molar-refractivity contribution >= 4 is 11.6 Å². The Bertz CT molecular complexity index is 397. The maximum absolute atomic E-state index is 6.23. The molecule has 1 aromatic carbocycles. The van der Waals surface area contributed by atoms with Gasteiger partial charge in [0.25, 0.3) is 0 Å². The number of nitrogens with one attached hydrogen (secondary N) is 1. The molecular formula is C14H25ClN2O2+2. The molecule has 19 heavy (non-hydrogen) atoms. The van der Waals surface area contributed by atoms with E-state index in [0.29, 0.717) is 23.1 Å². The van der Waals surface area contributed by atoms with Crippen LogP contribution in [-0.4, -0.2) is 40.9 Å². The Balaban J connectivity index is 2.67. The summed E-state index contributed by atoms with van der Waals surface area (Å²) in [4.78, 5) is 1.46. The van der Waals surface area contributed by atoms with Crippen LogP contribution in [0, 0.1) is 0 Å². The minimum absolute atomic E-state index is 0.577. The van der Waals surface area contributed by atoms with Gasteiger partial charge in [-0.25, -0.2) is 0 Å². The van der Waals surface area contributed by atoms with Crippen LogP contribution in [0.4, 0.5) is 0 Å². The summed E-state index contributed by atoms with van der Waals surface area (Å²) in [5.41, 5.74) is 1.15. The molecule has 0 aliphatic heterocycles. The van der Waals surface area contributed by atoms with Crippen LogP contribution >= 0.6 is 11.6 Å². The van der Waals surface area contributed by atoms with Crippen LogP contribution in [0.2, 0.25) is 5.02 Å². The number of ether oxygens (including phenoxy) is 2. The van der Waals surface area contributed by atoms with Crippen molar-refractivity contribution in [2.45, 2.75) is 13.5 Å². The standard InChI is InChI=1S/C14H23ClN2O2/c1-5-19-14-12(15)8-11(9-13(14)18-4)10-16-6-7-17(2)3/h8-9,16H,5-7,10H2,1-4H3/p+2. The highest BCUT2D eigenvalue weighted by Crippen LogP contribution is 2.36. The SMILES string of the molecule is CCOc1c(Cl)cc(C[NH2+]CC[NH+](C)C)cc1OC. The molecule has 0 unspecified atom stereocenters. The van der Waals surface area contributed by atoms with E-state index in [0.717, 1.165) is 25.2 Å². The van der Waals surface area contributed by atoms with Gasteiger partial charge in [-0.1, -0.05) is 11.6 Å². The summed E-state index contributed by atoms with van der Waals surface area (Å²) in [6, 6.07) is 3.95. The number of benzene rings is 1. The highest BCUT2D eigenvalue weighted by Gasteiger charge is 2.12. The molecule has 108 valence electrons. The van der Waals surface area contributed by atoms with Crippen LogP contribution in [-0.2, 0) is 6.54 Å². The van der Waals surface area contributed by atoms with Crippen molar-refractivity contribution in [2.75, 3.05) is 40.9 Å². The van der Waals surface area contributed by atoms with Crippen LogP contribution in [0.3, 0.4) is 0 Å². The topological polar surface area (TPSA) is 39.5 Å². The second-order valence-electron chi connectivity index (χ2n) is 4.78. The van der Waals surface area contributed by atoms with Crippen LogP contribution in [0.5, 0.6) is 11.5 Å². The molecule has 0 spiro atoms. The van der Waals surface area contributed by atoms with E-state index >= 15 is 0 Å². The normalized spacial score (nSPS) is 10.8. The molecular weight excluding hydrogens is 264 g/mol. The van der Waals surface area contributed by atoms with Gasteiger partial charge in [-0.3, -0.25) is 0 Å². The van der Waals surface area contributed by atoms with Gasteiger partial charge in [-0.05, 0) is 19.1 Å². The molecule has 0 saturated heterocycles. The molecule has 4 nitrogen and oxygen atoms in total. The number of quaternary nitrogens is 2. The van der Waals surface area contributed by atoms with E-state index in [9.17, 15) is 0 Å². The average molecular weight is 289 g/mol. The lowest BCUT2D eigenvalue weighted by Gasteiger charge is -2.13. The van der Waals surface area contributed by atoms with Crippen molar-refractivity contribution < 1.29 is 19.7 Å². The number of hydrogen-bond donors (Lipinski definition) is 2. The summed E-state index contributed by atoms with van der Waals surface area (Å²) in [6.45, 7) is 5.64. The quantitative estimate of drug-likeness (QED) is 0.659. The van der Waals surface area contributed by atoms with Crippen LogP contribution in [0.25, 0.3) is 0 Å². The third-order valence-electron chi connectivity index (χ3n) is 2.81. The summed E-state index contributed by atoms with van der Waals surface area (Å²) in [6.07, 6.45) is 0. The third-order valence-corrected chi connectivity index (χ3v) is 3.09. The fourth-order valence-corrected chi connectivity index (χ4v) is 2.12. The maximum atomic E-state index is 6.23. The highest BCUT2D eigenvalue weighted by atomic mass is 35.5. The Hall–Kier alpha value is -0.970. The van der Waals surface area contributed by atoms with Crippen molar-refractivity contribution in [2.24, 2.45) is 0 Å². The molecule has 0 aliphatic rings. The second kappa shape index (κ2) is 8.25. The molecule has 1 aromatic rings. The van der Waals surface area contributed by atoms with E-state index in [4.69, 9.17) is 21.1 Å². The molecule has 0 aromatic heterocycles. The molecule has 0 amide bonds. The van der Waals surface area contributed by atoms with Gasteiger partial charge in [0.05, 0.1) is 32.8 Å². The van der Waals surface area contributed by atoms with Crippen molar-refractivity contribution in [3.63, 3.8) is 0 Å². The number of likely N-dealkylation sites (N-methyl/N-ethyl adjacent to an activating group) is 1. The summed E-state index contributed by atoms with van der Waals surface area (Å²) in [5.74, 6) is 1.34. The molecule has 0 saturated carbocycles. The average Bonchev–Trinajstić information content (AvgIpc) is 2.37. The fraction of sp³-hybridized carbons (Fsp3) is 0.571. The van der Waals surface area contributed by atoms with E-state index < -0.39 is 0 Å². The number of halogens is 1. The highest BCUT2D eigenvalue weighted by molar-refractivity contribution is 6.32. The van der Waals surface area contributed by atoms with Crippen LogP contribution < -0.4 is 19.7 Å². The lowest BCUT2D eigenvalue weighted by Crippen LogP contribution is -3.09.